The van der Waals surface area contributed by atoms with E-state index in [1.54, 1.807) is 121 Å². The zero-order valence-electron chi connectivity index (χ0n) is 74.2. The van der Waals surface area contributed by atoms with Crippen LogP contribution in [-0.4, -0.2) is 248 Å². The van der Waals surface area contributed by atoms with E-state index in [0.29, 0.717) is 46.0 Å². The summed E-state index contributed by atoms with van der Waals surface area (Å²) in [7, 11) is 0. The van der Waals surface area contributed by atoms with Crippen LogP contribution in [0.1, 0.15) is 163 Å². The fraction of sp³-hybridized carbons (Fsp3) is 0.429. The normalized spacial score (nSPS) is 19.9. The molecule has 1 saturated heterocycles. The Morgan fingerprint density at radius 1 is 0.485 bits per heavy atom. The number of cyclic esters (lactones) is 1. The summed E-state index contributed by atoms with van der Waals surface area (Å²) in [6.07, 6.45) is -2.63. The molecule has 43 heteroatoms. The lowest BCUT2D eigenvalue weighted by atomic mass is 9.77. The number of aliphatic hydroxyl groups is 1. The van der Waals surface area contributed by atoms with E-state index in [2.05, 4.69) is 70.4 Å². The smallest absolute Gasteiger partial charge is 0.329 e. The van der Waals surface area contributed by atoms with Crippen molar-refractivity contribution in [1.29, 1.82) is 0 Å². The van der Waals surface area contributed by atoms with Crippen LogP contribution in [0.3, 0.4) is 0 Å². The van der Waals surface area contributed by atoms with Crippen LogP contribution >= 0.6 is 0 Å². The Morgan fingerprint density at radius 3 is 1.55 bits per heavy atom. The third kappa shape index (κ3) is 32.5. The van der Waals surface area contributed by atoms with Crippen LogP contribution in [0.25, 0.3) is 10.9 Å². The molecule has 5 aromatic carbocycles. The molecule has 0 bridgehead atoms. The van der Waals surface area contributed by atoms with Gasteiger partial charge in [0.2, 0.25) is 82.7 Å². The zero-order valence-corrected chi connectivity index (χ0v) is 74.2. The monoisotopic (exact) mass is 1860 g/mol. The Kier molecular flexibility index (Phi) is 41.7. The minimum Gasteiger partial charge on any atom is -0.481 e. The number of unbranched alkanes of at least 4 members (excludes halogenated alkanes) is 6. The number of nitrogens with two attached hydrogens (primary N) is 2. The van der Waals surface area contributed by atoms with Crippen molar-refractivity contribution >= 4 is 135 Å². The average molecular weight is 1860 g/mol. The van der Waals surface area contributed by atoms with Gasteiger partial charge < -0.3 is 121 Å². The molecule has 7 rings (SSSR count). The van der Waals surface area contributed by atoms with Gasteiger partial charge in [-0.2, -0.15) is 0 Å². The molecule has 1 aromatic heterocycles. The SMILES string of the molecule is CCCCCCCCCC(=O)N[C@@H](Cc1c[nH]c2ccccc12)C(=O)N[C@@H](CC(=O)NC(c1ccccc1)(c1ccccc1)c1ccccc1)C(=O)N[C@@H](CC(=O)O)C(=O)N[C@@H]1C(=O)NCC(=O)N[C@@H](CCCN)C(=O)N[C@@H](CC(=O)O)C(=O)N[C@H](C)C(=O)N[C@@H](CC(=O)O)C(=O)NCC(=O)N[C@H](CO)C(=O)N[C@@H](C(C)CC(=O)O)C(=O)N[C@@H](CC(=O)c2ccccc2N)C(=O)O[C@@H]1C. The van der Waals surface area contributed by atoms with Crippen LogP contribution < -0.4 is 85.9 Å². The lowest BCUT2D eigenvalue weighted by molar-refractivity contribution is -0.156. The quantitative estimate of drug-likeness (QED) is 0.00724. The number of amides is 14. The van der Waals surface area contributed by atoms with Gasteiger partial charge in [0.15, 0.2) is 5.78 Å². The second-order valence-corrected chi connectivity index (χ2v) is 32.2. The average Bonchev–Trinajstić information content (AvgIpc) is 0.863. The third-order valence-corrected chi connectivity index (χ3v) is 21.8. The van der Waals surface area contributed by atoms with Crippen molar-refractivity contribution in [3.8, 4) is 0 Å². The van der Waals surface area contributed by atoms with E-state index in [0.717, 1.165) is 52.9 Å². The van der Waals surface area contributed by atoms with Crippen molar-refractivity contribution in [3.63, 3.8) is 0 Å². The van der Waals surface area contributed by atoms with E-state index in [9.17, 15) is 92.7 Å². The number of aliphatic hydroxyl groups excluding tert-OH is 1. The third-order valence-electron chi connectivity index (χ3n) is 21.8. The molecule has 2 heterocycles. The van der Waals surface area contributed by atoms with Gasteiger partial charge in [0, 0.05) is 47.6 Å². The number of carbonyl (C=O) groups excluding carboxylic acids is 16. The van der Waals surface area contributed by atoms with Crippen molar-refractivity contribution in [3.05, 3.63) is 174 Å². The minimum atomic E-state index is -2.49. The lowest BCUT2D eigenvalue weighted by Gasteiger charge is -2.37. The summed E-state index contributed by atoms with van der Waals surface area (Å²) in [5, 5.41) is 83.6. The number of carboxylic acids is 4. The minimum absolute atomic E-state index is 0.0447. The van der Waals surface area contributed by atoms with Crippen LogP contribution in [0.5, 0.6) is 0 Å². The van der Waals surface area contributed by atoms with Gasteiger partial charge >= 0.3 is 29.8 Å². The Morgan fingerprint density at radius 2 is 0.985 bits per heavy atom. The number of rotatable bonds is 39. The highest BCUT2D eigenvalue weighted by molar-refractivity contribution is 6.05. The Hall–Kier alpha value is -15.0. The van der Waals surface area contributed by atoms with Gasteiger partial charge in [-0.15, -0.1) is 0 Å². The van der Waals surface area contributed by atoms with E-state index in [1.165, 1.54) is 24.3 Å². The molecule has 1 aliphatic rings. The number of carbonyl (C=O) groups is 20. The number of benzene rings is 5. The molecule has 0 saturated carbocycles. The van der Waals surface area contributed by atoms with Gasteiger partial charge in [0.05, 0.1) is 51.8 Å². The fourth-order valence-corrected chi connectivity index (χ4v) is 14.8. The first kappa shape index (κ1) is 106. The number of nitrogens with one attached hydrogen (secondary N) is 15. The van der Waals surface area contributed by atoms with Crippen molar-refractivity contribution in [2.75, 3.05) is 32.0 Å². The maximum Gasteiger partial charge on any atom is 0.329 e. The number of hydrogen-bond acceptors (Lipinski definition) is 24. The summed E-state index contributed by atoms with van der Waals surface area (Å²) in [6.45, 7) is 1.11. The molecule has 1 aliphatic heterocycles. The van der Waals surface area contributed by atoms with Crippen LogP contribution in [0.4, 0.5) is 5.69 Å². The van der Waals surface area contributed by atoms with Crippen molar-refractivity contribution < 1.29 is 126 Å². The standard InChI is InChI=1S/C91H115N17O26/c1-5-6-7-8-9-10-20-37-70(111)99-62(40-53-46-94-60-35-24-22-32-57(53)60)84(127)102-63(42-71(112)108-91(54-26-14-11-15-27-54,55-28-16-12-17-29-55)56-30-18-13-19-31-56)85(128)104-66(45-77(121)122)86(129)107-79-52(4)134-90(133)67(41-69(110)58-33-21-23-34-59(58)93)105-89(132)78(50(2)39-74(115)116)106-87(130)68(49-109)100-73(114)47-95-81(124)64(43-75(117)118)101-80(123)51(3)97-83(126)65(44-76(119)120)103-82(125)61(36-25-38-92)98-72(113)48-96-88(79)131/h11-19,21-24,26-35,46,50-52,61-68,78-79,94,109H,5-10,20,25,36-45,47-49,92-93H2,1-4H3,(H,95,124)(H,96,131)(H,97,126)(H,98,113)(H,99,111)(H,100,114)(H,101,123)(H,102,127)(H,103,125)(H,104,128)(H,105,132)(H,106,130)(H,107,129)(H,108,112)(H,115,116)(H,117,118)(H,119,120)(H,121,122)/t50?,51-,52-,61+,62+,63+,64+,65+,66+,67+,68-,78+,79+/m1/s1. The maximum absolute atomic E-state index is 15.7. The molecule has 24 N–H and O–H groups in total. The molecule has 1 unspecified atom stereocenters. The molecule has 43 nitrogen and oxygen atoms in total. The van der Waals surface area contributed by atoms with E-state index in [1.807, 2.05) is 16.0 Å². The highest BCUT2D eigenvalue weighted by atomic mass is 16.5. The number of aromatic amines is 1. The second kappa shape index (κ2) is 52.7. The Bertz CT molecular complexity index is 5080. The number of esters is 1. The molecular formula is C91H115N17O26. The number of ether oxygens (including phenoxy) is 1. The number of hydrogen-bond donors (Lipinski definition) is 22. The van der Waals surface area contributed by atoms with E-state index < -0.39 is 267 Å². The number of nitrogen functional groups attached to an aromatic ring is 1. The molecule has 14 amide bonds. The summed E-state index contributed by atoms with van der Waals surface area (Å²) in [4.78, 5) is 286. The number of anilines is 1. The van der Waals surface area contributed by atoms with Crippen LogP contribution in [0, 0.1) is 5.92 Å². The van der Waals surface area contributed by atoms with E-state index in [4.69, 9.17) is 16.2 Å². The number of Topliss-reactive ketones (excluding diaryl/α,β-unsaturated/α-hetero) is 1. The summed E-state index contributed by atoms with van der Waals surface area (Å²) < 4.78 is 5.82. The first-order chi connectivity index (χ1) is 63.9. The van der Waals surface area contributed by atoms with Gasteiger partial charge in [-0.25, -0.2) is 4.79 Å². The molecule has 13 atom stereocenters. The zero-order chi connectivity index (χ0) is 98.3. The van der Waals surface area contributed by atoms with Crippen molar-refractivity contribution in [2.24, 2.45) is 11.7 Å². The summed E-state index contributed by atoms with van der Waals surface area (Å²) >= 11 is 0. The van der Waals surface area contributed by atoms with E-state index >= 15 is 28.8 Å². The number of aliphatic carboxylic acids is 4. The maximum atomic E-state index is 15.7. The molecule has 0 aliphatic carbocycles. The predicted molar refractivity (Wildman–Crippen MR) is 478 cm³/mol. The van der Waals surface area contributed by atoms with Gasteiger partial charge in [0.25, 0.3) is 0 Å². The van der Waals surface area contributed by atoms with Crippen LogP contribution in [-0.2, 0) is 108 Å². The topological polar surface area (TPSA) is 688 Å². The largest absolute Gasteiger partial charge is 0.481 e. The molecule has 0 radical (unpaired) electrons. The fourth-order valence-electron chi connectivity index (χ4n) is 14.8. The van der Waals surface area contributed by atoms with Gasteiger partial charge in [0.1, 0.15) is 78.1 Å². The number of aromatic nitrogens is 1. The number of ketones is 1. The van der Waals surface area contributed by atoms with Gasteiger partial charge in [-0.1, -0.05) is 174 Å². The second-order valence-electron chi connectivity index (χ2n) is 32.2. The molecule has 6 aromatic rings. The lowest BCUT2D eigenvalue weighted by Crippen LogP contribution is -2.62. The van der Waals surface area contributed by atoms with Crippen molar-refractivity contribution in [2.45, 2.75) is 215 Å². The predicted octanol–water partition coefficient (Wildman–Crippen LogP) is -0.999. The Labute approximate surface area is 769 Å². The van der Waals surface area contributed by atoms with Crippen molar-refractivity contribution in [1.82, 2.24) is 79.4 Å². The highest BCUT2D eigenvalue weighted by Gasteiger charge is 2.44. The summed E-state index contributed by atoms with van der Waals surface area (Å²) in [5.41, 5.74) is 12.5. The molecular weight excluding hydrogens is 1750 g/mol. The molecule has 720 valence electrons. The number of para-hydroxylation sites is 2. The number of fused-ring (bicyclic) bond motifs is 1. The highest BCUT2D eigenvalue weighted by Crippen LogP contribution is 2.37. The number of carboxylic acid groups (broad SMARTS) is 4. The summed E-state index contributed by atoms with van der Waals surface area (Å²) in [6, 6.07) is 15.0. The van der Waals surface area contributed by atoms with E-state index in [-0.39, 0.29) is 37.1 Å². The van der Waals surface area contributed by atoms with Crippen LogP contribution in [0.15, 0.2) is 146 Å². The van der Waals surface area contributed by atoms with Gasteiger partial charge in [-0.05, 0) is 86.0 Å². The Balaban J connectivity index is 1.34. The molecule has 0 spiro atoms. The first-order valence-corrected chi connectivity index (χ1v) is 43.5. The molecule has 1 fully saturated rings. The first-order valence-electron chi connectivity index (χ1n) is 43.5. The summed E-state index contributed by atoms with van der Waals surface area (Å²) in [5.74, 6) is -29.6. The van der Waals surface area contributed by atoms with Crippen LogP contribution in [0.2, 0.25) is 0 Å². The molecule has 134 heavy (non-hydrogen) atoms. The number of H-pyrrole nitrogens is 1. The van der Waals surface area contributed by atoms with Gasteiger partial charge in [-0.3, -0.25) is 91.1 Å².